The first-order chi connectivity index (χ1) is 9.77. The van der Waals surface area contributed by atoms with E-state index in [9.17, 15) is 17.6 Å². The van der Waals surface area contributed by atoms with Gasteiger partial charge in [0, 0.05) is 10.2 Å². The summed E-state index contributed by atoms with van der Waals surface area (Å²) in [4.78, 5) is 15.4. The van der Waals surface area contributed by atoms with Crippen LogP contribution in [0.2, 0.25) is 0 Å². The Kier molecular flexibility index (Phi) is 4.35. The number of rotatable bonds is 3. The number of sulfonamides is 1. The van der Waals surface area contributed by atoms with Gasteiger partial charge in [0.05, 0.1) is 11.1 Å². The molecule has 0 atom stereocenters. The molecule has 0 spiro atoms. The third-order valence-electron chi connectivity index (χ3n) is 2.46. The van der Waals surface area contributed by atoms with Crippen LogP contribution < -0.4 is 10.5 Å². The van der Waals surface area contributed by atoms with E-state index in [1.165, 1.54) is 24.3 Å². The Morgan fingerprint density at radius 3 is 2.52 bits per heavy atom. The van der Waals surface area contributed by atoms with E-state index >= 15 is 0 Å². The van der Waals surface area contributed by atoms with Crippen LogP contribution in [0.5, 0.6) is 0 Å². The Balaban J connectivity index is 2.22. The van der Waals surface area contributed by atoms with E-state index in [-0.39, 0.29) is 15.1 Å². The molecule has 0 aliphatic rings. The van der Waals surface area contributed by atoms with Gasteiger partial charge in [-0.1, -0.05) is 0 Å². The summed E-state index contributed by atoms with van der Waals surface area (Å²) >= 11 is 3.06. The lowest BCUT2D eigenvalue weighted by Gasteiger charge is -2.07. The van der Waals surface area contributed by atoms with Crippen molar-refractivity contribution in [3.8, 4) is 0 Å². The molecule has 1 heterocycles. The molecular formula is C12H9BrFN3O3S. The molecule has 0 unspecified atom stereocenters. The average Bonchev–Trinajstić information content (AvgIpc) is 2.37. The Labute approximate surface area is 128 Å². The molecule has 1 aromatic carbocycles. The minimum Gasteiger partial charge on any atom is -0.321 e. The first-order valence-electron chi connectivity index (χ1n) is 5.52. The summed E-state index contributed by atoms with van der Waals surface area (Å²) < 4.78 is 35.4. The number of hydrogen-bond donors (Lipinski definition) is 2. The van der Waals surface area contributed by atoms with Gasteiger partial charge in [-0.3, -0.25) is 4.79 Å². The van der Waals surface area contributed by atoms with Gasteiger partial charge in [0.25, 0.3) is 5.91 Å². The van der Waals surface area contributed by atoms with Crippen molar-refractivity contribution in [3.63, 3.8) is 0 Å². The maximum absolute atomic E-state index is 12.7. The summed E-state index contributed by atoms with van der Waals surface area (Å²) in [6, 6.07) is 6.38. The molecular weight excluding hydrogens is 365 g/mol. The molecule has 6 nitrogen and oxygen atoms in total. The number of aromatic nitrogens is 1. The van der Waals surface area contributed by atoms with E-state index in [1.54, 1.807) is 0 Å². The molecule has 21 heavy (non-hydrogen) atoms. The van der Waals surface area contributed by atoms with Gasteiger partial charge in [-0.15, -0.1) is 0 Å². The number of nitrogens with zero attached hydrogens (tertiary/aromatic N) is 1. The fourth-order valence-corrected chi connectivity index (χ4v) is 3.16. The highest BCUT2D eigenvalue weighted by atomic mass is 79.9. The van der Waals surface area contributed by atoms with Crippen molar-refractivity contribution in [1.29, 1.82) is 0 Å². The summed E-state index contributed by atoms with van der Waals surface area (Å²) in [5, 5.41) is 7.53. The van der Waals surface area contributed by atoms with Crippen LogP contribution in [0.25, 0.3) is 0 Å². The molecule has 0 aliphatic heterocycles. The summed E-state index contributed by atoms with van der Waals surface area (Å²) in [6.07, 6.45) is 0.926. The van der Waals surface area contributed by atoms with Crippen LogP contribution in [0.4, 0.5) is 10.1 Å². The molecule has 2 rings (SSSR count). The van der Waals surface area contributed by atoms with Gasteiger partial charge in [-0.05, 0) is 46.3 Å². The van der Waals surface area contributed by atoms with Crippen molar-refractivity contribution in [2.24, 2.45) is 5.14 Å². The van der Waals surface area contributed by atoms with Crippen LogP contribution in [0.1, 0.15) is 10.5 Å². The maximum Gasteiger partial charge on any atom is 0.274 e. The molecule has 0 bridgehead atoms. The molecule has 2 aromatic rings. The largest absolute Gasteiger partial charge is 0.321 e. The SMILES string of the molecule is NS(=O)(=O)c1ccc(NC(=O)c2ccc(F)cn2)cc1Br. The second-order valence-electron chi connectivity index (χ2n) is 4.01. The van der Waals surface area contributed by atoms with E-state index in [2.05, 4.69) is 26.2 Å². The van der Waals surface area contributed by atoms with E-state index in [1.807, 2.05) is 0 Å². The smallest absolute Gasteiger partial charge is 0.274 e. The van der Waals surface area contributed by atoms with Gasteiger partial charge < -0.3 is 5.32 Å². The summed E-state index contributed by atoms with van der Waals surface area (Å²) in [6.45, 7) is 0. The summed E-state index contributed by atoms with van der Waals surface area (Å²) in [7, 11) is -3.85. The van der Waals surface area contributed by atoms with Crippen molar-refractivity contribution < 1.29 is 17.6 Å². The van der Waals surface area contributed by atoms with Crippen LogP contribution in [0.3, 0.4) is 0 Å². The minimum atomic E-state index is -3.85. The number of hydrogen-bond acceptors (Lipinski definition) is 4. The molecule has 0 saturated heterocycles. The third-order valence-corrected chi connectivity index (χ3v) is 4.34. The fourth-order valence-electron chi connectivity index (χ4n) is 1.51. The zero-order chi connectivity index (χ0) is 15.6. The highest BCUT2D eigenvalue weighted by Gasteiger charge is 2.14. The number of nitrogens with two attached hydrogens (primary N) is 1. The van der Waals surface area contributed by atoms with Crippen molar-refractivity contribution >= 4 is 37.5 Å². The number of halogens is 2. The Hall–Kier alpha value is -1.84. The van der Waals surface area contributed by atoms with E-state index in [0.29, 0.717) is 5.69 Å². The van der Waals surface area contributed by atoms with Crippen LogP contribution in [-0.2, 0) is 10.0 Å². The first-order valence-corrected chi connectivity index (χ1v) is 7.86. The lowest BCUT2D eigenvalue weighted by Crippen LogP contribution is -2.15. The lowest BCUT2D eigenvalue weighted by atomic mass is 10.3. The van der Waals surface area contributed by atoms with Crippen molar-refractivity contribution in [2.75, 3.05) is 5.32 Å². The minimum absolute atomic E-state index is 0.0306. The maximum atomic E-state index is 12.7. The van der Waals surface area contributed by atoms with Gasteiger partial charge in [0.2, 0.25) is 10.0 Å². The number of anilines is 1. The van der Waals surface area contributed by atoms with E-state index in [0.717, 1.165) is 12.3 Å². The quantitative estimate of drug-likeness (QED) is 0.857. The van der Waals surface area contributed by atoms with Crippen molar-refractivity contribution in [1.82, 2.24) is 4.98 Å². The lowest BCUT2D eigenvalue weighted by molar-refractivity contribution is 0.102. The van der Waals surface area contributed by atoms with E-state index < -0.39 is 21.7 Å². The number of carbonyl (C=O) groups excluding carboxylic acids is 1. The number of pyridine rings is 1. The van der Waals surface area contributed by atoms with Gasteiger partial charge in [0.15, 0.2) is 0 Å². The molecule has 1 aromatic heterocycles. The Morgan fingerprint density at radius 2 is 2.00 bits per heavy atom. The summed E-state index contributed by atoms with van der Waals surface area (Å²) in [5.41, 5.74) is 0.369. The van der Waals surface area contributed by atoms with Crippen molar-refractivity contribution in [2.45, 2.75) is 4.90 Å². The number of amides is 1. The second-order valence-corrected chi connectivity index (χ2v) is 6.39. The molecule has 1 amide bonds. The van der Waals surface area contributed by atoms with Crippen LogP contribution in [0.15, 0.2) is 45.9 Å². The standard InChI is InChI=1S/C12H9BrFN3O3S/c13-9-5-8(2-4-11(9)21(15,19)20)17-12(18)10-3-1-7(14)6-16-10/h1-6H,(H,17,18)(H2,15,19,20). The van der Waals surface area contributed by atoms with E-state index in [4.69, 9.17) is 5.14 Å². The fraction of sp³-hybridized carbons (Fsp3) is 0. The number of carbonyl (C=O) groups is 1. The highest BCUT2D eigenvalue weighted by molar-refractivity contribution is 9.10. The highest BCUT2D eigenvalue weighted by Crippen LogP contribution is 2.24. The topological polar surface area (TPSA) is 102 Å². The number of benzene rings is 1. The molecule has 3 N–H and O–H groups in total. The second kappa shape index (κ2) is 5.88. The van der Waals surface area contributed by atoms with Gasteiger partial charge >= 0.3 is 0 Å². The van der Waals surface area contributed by atoms with Gasteiger partial charge in [-0.2, -0.15) is 0 Å². The monoisotopic (exact) mass is 373 g/mol. The van der Waals surface area contributed by atoms with Gasteiger partial charge in [-0.25, -0.2) is 22.9 Å². The zero-order valence-electron chi connectivity index (χ0n) is 10.4. The first kappa shape index (κ1) is 15.5. The number of nitrogens with one attached hydrogen (secondary N) is 1. The van der Waals surface area contributed by atoms with Crippen LogP contribution in [0, 0.1) is 5.82 Å². The Bertz CT molecular complexity index is 794. The summed E-state index contributed by atoms with van der Waals surface area (Å²) in [5.74, 6) is -1.10. The normalized spacial score (nSPS) is 11.2. The molecule has 0 aliphatic carbocycles. The van der Waals surface area contributed by atoms with Crippen molar-refractivity contribution in [3.05, 3.63) is 52.5 Å². The molecule has 0 saturated carbocycles. The average molecular weight is 374 g/mol. The van der Waals surface area contributed by atoms with Crippen LogP contribution >= 0.6 is 15.9 Å². The van der Waals surface area contributed by atoms with Crippen LogP contribution in [-0.4, -0.2) is 19.3 Å². The molecule has 9 heteroatoms. The Morgan fingerprint density at radius 1 is 1.29 bits per heavy atom. The number of primary sulfonamides is 1. The third kappa shape index (κ3) is 3.84. The molecule has 110 valence electrons. The zero-order valence-corrected chi connectivity index (χ0v) is 12.8. The molecule has 0 radical (unpaired) electrons. The predicted molar refractivity (Wildman–Crippen MR) is 77.7 cm³/mol. The molecule has 0 fully saturated rings. The van der Waals surface area contributed by atoms with Gasteiger partial charge in [0.1, 0.15) is 11.5 Å². The predicted octanol–water partition coefficient (Wildman–Crippen LogP) is 1.88.